The molecule has 0 aromatic rings. The molecule has 52 valence electrons. The van der Waals surface area contributed by atoms with E-state index in [2.05, 4.69) is 29.5 Å². The molecule has 0 aromatic carbocycles. The highest BCUT2D eigenvalue weighted by atomic mass is 127. The minimum atomic E-state index is 0.0640. The molecule has 0 radical (unpaired) electrons. The molecule has 9 heavy (non-hydrogen) atoms. The summed E-state index contributed by atoms with van der Waals surface area (Å²) in [4.78, 5) is 10.0. The highest BCUT2D eigenvalue weighted by molar-refractivity contribution is 14.1. The fraction of sp³-hybridized carbons (Fsp3) is 0.571. The summed E-state index contributed by atoms with van der Waals surface area (Å²) in [6.45, 7) is 2.12. The fourth-order valence-electron chi connectivity index (χ4n) is 0.438. The van der Waals surface area contributed by atoms with Gasteiger partial charge in [-0.2, -0.15) is 0 Å². The molecule has 0 spiro atoms. The monoisotopic (exact) mass is 238 g/mol. The smallest absolute Gasteiger partial charge is 0.136 e. The van der Waals surface area contributed by atoms with Crippen LogP contribution in [0.3, 0.4) is 0 Å². The predicted octanol–water partition coefficient (Wildman–Crippen LogP) is 2.35. The van der Waals surface area contributed by atoms with E-state index in [0.29, 0.717) is 0 Å². The van der Waals surface area contributed by atoms with Crippen LogP contribution in [-0.4, -0.2) is 10.2 Å². The predicted molar refractivity (Wildman–Crippen MR) is 47.9 cm³/mol. The summed E-state index contributed by atoms with van der Waals surface area (Å²) in [5.74, 6) is 0. The van der Waals surface area contributed by atoms with Crippen LogP contribution < -0.4 is 0 Å². The van der Waals surface area contributed by atoms with Gasteiger partial charge in [0.2, 0.25) is 0 Å². The average Bonchev–Trinajstić information content (AvgIpc) is 1.89. The van der Waals surface area contributed by atoms with E-state index in [1.807, 2.05) is 12.2 Å². The third-order valence-electron chi connectivity index (χ3n) is 0.905. The Bertz CT molecular complexity index is 99.1. The number of halogens is 1. The Labute approximate surface area is 69.7 Å². The van der Waals surface area contributed by atoms with E-state index in [1.54, 1.807) is 0 Å². The number of unbranched alkanes of at least 4 members (excludes halogenated alkanes) is 1. The van der Waals surface area contributed by atoms with Crippen molar-refractivity contribution in [1.29, 1.82) is 0 Å². The summed E-state index contributed by atoms with van der Waals surface area (Å²) >= 11 is 2.09. The first kappa shape index (κ1) is 9.14. The van der Waals surface area contributed by atoms with Crippen LogP contribution in [0, 0.1) is 0 Å². The molecule has 0 saturated carbocycles. The number of alkyl halides is 1. The average molecular weight is 238 g/mol. The van der Waals surface area contributed by atoms with Crippen LogP contribution in [0.25, 0.3) is 0 Å². The largest absolute Gasteiger partial charge is 0.302 e. The molecule has 0 bridgehead atoms. The first-order valence-electron chi connectivity index (χ1n) is 3.07. The van der Waals surface area contributed by atoms with Crippen LogP contribution in [0.15, 0.2) is 12.2 Å². The number of carbonyl (C=O) groups excluding carboxylic acids is 1. The highest BCUT2D eigenvalue weighted by Crippen LogP contribution is 1.99. The first-order valence-corrected chi connectivity index (χ1v) is 4.31. The van der Waals surface area contributed by atoms with Gasteiger partial charge in [-0.1, -0.05) is 48.1 Å². The van der Waals surface area contributed by atoms with Gasteiger partial charge in [0.1, 0.15) is 6.29 Å². The Hall–Kier alpha value is 0.140. The maximum Gasteiger partial charge on any atom is 0.136 e. The lowest BCUT2D eigenvalue weighted by atomic mass is 10.3. The second kappa shape index (κ2) is 6.26. The molecule has 0 rings (SSSR count). The minimum absolute atomic E-state index is 0.0640. The van der Waals surface area contributed by atoms with Gasteiger partial charge in [-0.3, -0.25) is 0 Å². The lowest BCUT2D eigenvalue weighted by Crippen LogP contribution is -1.90. The van der Waals surface area contributed by atoms with Crippen molar-refractivity contribution in [2.24, 2.45) is 0 Å². The summed E-state index contributed by atoms with van der Waals surface area (Å²) < 4.78 is 0.0640. The first-order chi connectivity index (χ1) is 4.31. The van der Waals surface area contributed by atoms with Gasteiger partial charge in [-0.25, -0.2) is 0 Å². The Morgan fingerprint density at radius 1 is 1.67 bits per heavy atom. The Morgan fingerprint density at radius 3 is 2.78 bits per heavy atom. The van der Waals surface area contributed by atoms with Crippen molar-refractivity contribution in [3.05, 3.63) is 12.2 Å². The van der Waals surface area contributed by atoms with Crippen LogP contribution in [-0.2, 0) is 4.79 Å². The molecule has 0 fully saturated rings. The topological polar surface area (TPSA) is 17.1 Å². The normalized spacial score (nSPS) is 14.0. The number of rotatable bonds is 4. The third-order valence-corrected chi connectivity index (χ3v) is 1.61. The zero-order valence-electron chi connectivity index (χ0n) is 5.51. The van der Waals surface area contributed by atoms with Crippen molar-refractivity contribution in [3.8, 4) is 0 Å². The maximum atomic E-state index is 10.0. The van der Waals surface area contributed by atoms with Crippen molar-refractivity contribution < 1.29 is 4.79 Å². The summed E-state index contributed by atoms with van der Waals surface area (Å²) in [5, 5.41) is 0. The summed E-state index contributed by atoms with van der Waals surface area (Å²) in [6, 6.07) is 0. The lowest BCUT2D eigenvalue weighted by molar-refractivity contribution is -0.106. The Kier molecular flexibility index (Phi) is 6.36. The lowest BCUT2D eigenvalue weighted by Gasteiger charge is -1.88. The Balaban J connectivity index is 3.31. The van der Waals surface area contributed by atoms with Crippen LogP contribution in [0.4, 0.5) is 0 Å². The summed E-state index contributed by atoms with van der Waals surface area (Å²) in [5.41, 5.74) is 0. The zero-order chi connectivity index (χ0) is 7.11. The van der Waals surface area contributed by atoms with Crippen LogP contribution >= 0.6 is 22.6 Å². The molecule has 0 aliphatic carbocycles. The summed E-state index contributed by atoms with van der Waals surface area (Å²) in [6.07, 6.45) is 7.14. The number of hydrogen-bond acceptors (Lipinski definition) is 1. The van der Waals surface area contributed by atoms with E-state index >= 15 is 0 Å². The van der Waals surface area contributed by atoms with Crippen molar-refractivity contribution in [3.63, 3.8) is 0 Å². The van der Waals surface area contributed by atoms with Crippen molar-refractivity contribution >= 4 is 28.9 Å². The molecule has 1 nitrogen and oxygen atoms in total. The second-order valence-electron chi connectivity index (χ2n) is 1.80. The Morgan fingerprint density at radius 2 is 2.33 bits per heavy atom. The third kappa shape index (κ3) is 6.02. The molecule has 0 heterocycles. The molecule has 1 atom stereocenters. The molecular formula is C7H11IO. The molecular weight excluding hydrogens is 227 g/mol. The zero-order valence-corrected chi connectivity index (χ0v) is 7.67. The highest BCUT2D eigenvalue weighted by Gasteiger charge is 1.90. The van der Waals surface area contributed by atoms with Crippen molar-refractivity contribution in [1.82, 2.24) is 0 Å². The van der Waals surface area contributed by atoms with Crippen LogP contribution in [0.1, 0.15) is 19.8 Å². The van der Waals surface area contributed by atoms with E-state index in [0.717, 1.165) is 19.1 Å². The molecule has 2 heteroatoms. The summed E-state index contributed by atoms with van der Waals surface area (Å²) in [7, 11) is 0. The van der Waals surface area contributed by atoms with E-state index in [9.17, 15) is 4.79 Å². The van der Waals surface area contributed by atoms with Gasteiger partial charge in [-0.15, -0.1) is 0 Å². The van der Waals surface area contributed by atoms with Gasteiger partial charge in [0.05, 0.1) is 3.92 Å². The number of allylic oxidation sites excluding steroid dienone is 2. The van der Waals surface area contributed by atoms with E-state index < -0.39 is 0 Å². The van der Waals surface area contributed by atoms with Gasteiger partial charge in [0.25, 0.3) is 0 Å². The minimum Gasteiger partial charge on any atom is -0.302 e. The number of hydrogen-bond donors (Lipinski definition) is 0. The van der Waals surface area contributed by atoms with Crippen molar-refractivity contribution in [2.45, 2.75) is 23.7 Å². The standard InChI is InChI=1S/C7H11IO/c1-2-3-4-5-7(8)6-9/h4-7H,2-3H2,1H3/b5-4-. The molecule has 0 N–H and O–H groups in total. The molecule has 0 aliphatic heterocycles. The molecule has 0 aromatic heterocycles. The SMILES string of the molecule is CCC/C=C\C(I)C=O. The van der Waals surface area contributed by atoms with Gasteiger partial charge < -0.3 is 4.79 Å². The maximum absolute atomic E-state index is 10.0. The van der Waals surface area contributed by atoms with E-state index in [-0.39, 0.29) is 3.92 Å². The van der Waals surface area contributed by atoms with E-state index in [4.69, 9.17) is 0 Å². The molecule has 0 saturated heterocycles. The number of aldehydes is 1. The van der Waals surface area contributed by atoms with Gasteiger partial charge in [0.15, 0.2) is 0 Å². The van der Waals surface area contributed by atoms with Gasteiger partial charge >= 0.3 is 0 Å². The molecule has 0 aliphatic rings. The van der Waals surface area contributed by atoms with Crippen LogP contribution in [0.2, 0.25) is 0 Å². The second-order valence-corrected chi connectivity index (χ2v) is 3.24. The van der Waals surface area contributed by atoms with Crippen molar-refractivity contribution in [2.75, 3.05) is 0 Å². The van der Waals surface area contributed by atoms with Gasteiger partial charge in [0, 0.05) is 0 Å². The van der Waals surface area contributed by atoms with Crippen LogP contribution in [0.5, 0.6) is 0 Å². The molecule has 0 amide bonds. The van der Waals surface area contributed by atoms with Gasteiger partial charge in [-0.05, 0) is 6.42 Å². The molecule has 1 unspecified atom stereocenters. The fourth-order valence-corrected chi connectivity index (χ4v) is 0.732. The quantitative estimate of drug-likeness (QED) is 0.318. The van der Waals surface area contributed by atoms with E-state index in [1.165, 1.54) is 0 Å². The number of carbonyl (C=O) groups is 1.